The average molecular weight is 492 g/mol. The maximum Gasteiger partial charge on any atom is 0.306 e. The van der Waals surface area contributed by atoms with Crippen LogP contribution in [0.2, 0.25) is 5.02 Å². The first-order valence-electron chi connectivity index (χ1n) is 11.3. The fourth-order valence-electron chi connectivity index (χ4n) is 3.89. The molecular formula is C25H28ClF2N3O3. The third-order valence-electron chi connectivity index (χ3n) is 5.73. The van der Waals surface area contributed by atoms with E-state index in [4.69, 9.17) is 16.3 Å². The van der Waals surface area contributed by atoms with Crippen LogP contribution >= 0.6 is 11.6 Å². The van der Waals surface area contributed by atoms with Crippen LogP contribution in [0.3, 0.4) is 0 Å². The highest BCUT2D eigenvalue weighted by Gasteiger charge is 2.25. The van der Waals surface area contributed by atoms with E-state index < -0.39 is 17.5 Å². The quantitative estimate of drug-likeness (QED) is 0.324. The molecule has 0 aromatic heterocycles. The topological polar surface area (TPSA) is 79.8 Å². The molecule has 182 valence electrons. The molecule has 0 spiro atoms. The molecular weight excluding hydrogens is 464 g/mol. The van der Waals surface area contributed by atoms with Crippen LogP contribution in [-0.4, -0.2) is 30.5 Å². The minimum atomic E-state index is -1.10. The third kappa shape index (κ3) is 7.52. The molecule has 9 heteroatoms. The van der Waals surface area contributed by atoms with Crippen molar-refractivity contribution in [3.8, 4) is 0 Å². The van der Waals surface area contributed by atoms with Crippen molar-refractivity contribution >= 4 is 29.4 Å². The number of halogens is 3. The second-order valence-corrected chi connectivity index (χ2v) is 8.62. The fourth-order valence-corrected chi connectivity index (χ4v) is 4.08. The van der Waals surface area contributed by atoms with Crippen molar-refractivity contribution in [1.82, 2.24) is 10.6 Å². The lowest BCUT2D eigenvalue weighted by Crippen LogP contribution is -2.47. The molecule has 2 N–H and O–H groups in total. The van der Waals surface area contributed by atoms with Gasteiger partial charge in [0.05, 0.1) is 13.2 Å². The third-order valence-corrected chi connectivity index (χ3v) is 6.10. The maximum absolute atomic E-state index is 13.6. The van der Waals surface area contributed by atoms with Gasteiger partial charge in [0.25, 0.3) is 5.91 Å². The number of ether oxygens (including phenoxy) is 1. The Balaban J connectivity index is 1.67. The predicted molar refractivity (Wildman–Crippen MR) is 127 cm³/mol. The fraction of sp³-hybridized carbons (Fsp3) is 0.400. The molecule has 6 nitrogen and oxygen atoms in total. The van der Waals surface area contributed by atoms with E-state index in [2.05, 4.69) is 15.6 Å². The van der Waals surface area contributed by atoms with E-state index >= 15 is 0 Å². The molecule has 2 aromatic carbocycles. The number of nitrogens with zero attached hydrogens (tertiary/aromatic N) is 1. The van der Waals surface area contributed by atoms with Gasteiger partial charge in [-0.1, -0.05) is 29.8 Å². The van der Waals surface area contributed by atoms with Gasteiger partial charge in [0.15, 0.2) is 17.6 Å². The number of guanidine groups is 1. The minimum absolute atomic E-state index is 0.0238. The zero-order valence-electron chi connectivity index (χ0n) is 19.0. The Morgan fingerprint density at radius 1 is 1.09 bits per heavy atom. The first-order chi connectivity index (χ1) is 16.4. The van der Waals surface area contributed by atoms with Crippen molar-refractivity contribution < 1.29 is 23.1 Å². The number of carbonyl (C=O) groups excluding carboxylic acids is 2. The van der Waals surface area contributed by atoms with Crippen LogP contribution in [0.1, 0.15) is 54.9 Å². The summed E-state index contributed by atoms with van der Waals surface area (Å²) in [4.78, 5) is 28.9. The lowest BCUT2D eigenvalue weighted by Gasteiger charge is -2.29. The van der Waals surface area contributed by atoms with Crippen LogP contribution in [0.15, 0.2) is 47.5 Å². The van der Waals surface area contributed by atoms with Gasteiger partial charge in [0.1, 0.15) is 0 Å². The number of hydrogen-bond donors (Lipinski definition) is 2. The van der Waals surface area contributed by atoms with Gasteiger partial charge >= 0.3 is 5.97 Å². The molecule has 1 aliphatic rings. The summed E-state index contributed by atoms with van der Waals surface area (Å²) in [7, 11) is 0. The van der Waals surface area contributed by atoms with Gasteiger partial charge in [0.2, 0.25) is 0 Å². The molecule has 34 heavy (non-hydrogen) atoms. The van der Waals surface area contributed by atoms with E-state index in [9.17, 15) is 18.4 Å². The van der Waals surface area contributed by atoms with Crippen molar-refractivity contribution in [2.75, 3.05) is 6.61 Å². The van der Waals surface area contributed by atoms with E-state index in [1.807, 2.05) is 18.2 Å². The largest absolute Gasteiger partial charge is 0.466 e. The van der Waals surface area contributed by atoms with Gasteiger partial charge < -0.3 is 10.1 Å². The molecule has 0 heterocycles. The summed E-state index contributed by atoms with van der Waals surface area (Å²) in [5.41, 5.74) is 0.757. The van der Waals surface area contributed by atoms with E-state index in [-0.39, 0.29) is 36.0 Å². The van der Waals surface area contributed by atoms with E-state index in [0.29, 0.717) is 18.1 Å². The summed E-state index contributed by atoms with van der Waals surface area (Å²) in [6.45, 7) is 2.38. The number of carbonyl (C=O) groups is 2. The van der Waals surface area contributed by atoms with E-state index in [0.717, 1.165) is 43.4 Å². The molecule has 3 rings (SSSR count). The summed E-state index contributed by atoms with van der Waals surface area (Å²) in [5, 5.41) is 6.49. The molecule has 0 unspecified atom stereocenters. The summed E-state index contributed by atoms with van der Waals surface area (Å²) in [6, 6.07) is 10.2. The zero-order chi connectivity index (χ0) is 24.5. The summed E-state index contributed by atoms with van der Waals surface area (Å²) >= 11 is 6.22. The number of esters is 1. The minimum Gasteiger partial charge on any atom is -0.466 e. The molecule has 0 aliphatic heterocycles. The summed E-state index contributed by atoms with van der Waals surface area (Å²) in [6.07, 6.45) is 3.66. The second kappa shape index (κ2) is 12.5. The van der Waals surface area contributed by atoms with Gasteiger partial charge in [-0.3, -0.25) is 14.9 Å². The Morgan fingerprint density at radius 2 is 1.82 bits per heavy atom. The van der Waals surface area contributed by atoms with Crippen molar-refractivity contribution in [3.05, 3.63) is 70.2 Å². The monoisotopic (exact) mass is 491 g/mol. The second-order valence-electron chi connectivity index (χ2n) is 8.21. The number of rotatable bonds is 7. The average Bonchev–Trinajstić information content (AvgIpc) is 2.81. The van der Waals surface area contributed by atoms with Crippen molar-refractivity contribution in [3.63, 3.8) is 0 Å². The van der Waals surface area contributed by atoms with Crippen LogP contribution in [0.4, 0.5) is 8.78 Å². The van der Waals surface area contributed by atoms with Crippen LogP contribution in [-0.2, 0) is 16.1 Å². The lowest BCUT2D eigenvalue weighted by molar-refractivity contribution is -0.144. The highest BCUT2D eigenvalue weighted by molar-refractivity contribution is 6.31. The molecule has 1 amide bonds. The summed E-state index contributed by atoms with van der Waals surface area (Å²) < 4.78 is 31.9. The Kier molecular flexibility index (Phi) is 9.39. The zero-order valence-corrected chi connectivity index (χ0v) is 19.7. The highest BCUT2D eigenvalue weighted by Crippen LogP contribution is 2.27. The Hall–Kier alpha value is -3.00. The number of hydrogen-bond acceptors (Lipinski definition) is 4. The number of aliphatic imine (C=N–C) groups is 1. The molecule has 1 saturated carbocycles. The van der Waals surface area contributed by atoms with Gasteiger partial charge in [0, 0.05) is 23.0 Å². The first kappa shape index (κ1) is 25.6. The Bertz CT molecular complexity index is 1040. The van der Waals surface area contributed by atoms with Crippen molar-refractivity contribution in [1.29, 1.82) is 0 Å². The number of benzene rings is 2. The molecule has 1 fully saturated rings. The van der Waals surface area contributed by atoms with Crippen molar-refractivity contribution in [2.24, 2.45) is 10.9 Å². The maximum atomic E-state index is 13.6. The number of amides is 1. The van der Waals surface area contributed by atoms with Crippen LogP contribution in [0.5, 0.6) is 0 Å². The number of nitrogens with one attached hydrogen (secondary N) is 2. The Labute approximate surface area is 202 Å². The predicted octanol–water partition coefficient (Wildman–Crippen LogP) is 5.01. The molecule has 0 bridgehead atoms. The highest BCUT2D eigenvalue weighted by atomic mass is 35.5. The summed E-state index contributed by atoms with van der Waals surface area (Å²) in [5.74, 6) is -2.43. The molecule has 0 radical (unpaired) electrons. The van der Waals surface area contributed by atoms with E-state index in [1.165, 1.54) is 6.07 Å². The van der Waals surface area contributed by atoms with Gasteiger partial charge in [-0.2, -0.15) is 0 Å². The van der Waals surface area contributed by atoms with Crippen LogP contribution in [0.25, 0.3) is 0 Å². The van der Waals surface area contributed by atoms with Crippen LogP contribution < -0.4 is 10.6 Å². The van der Waals surface area contributed by atoms with Gasteiger partial charge in [-0.15, -0.1) is 0 Å². The first-order valence-corrected chi connectivity index (χ1v) is 11.7. The normalized spacial score (nSPS) is 18.3. The molecule has 0 atom stereocenters. The lowest BCUT2D eigenvalue weighted by atomic mass is 9.84. The van der Waals surface area contributed by atoms with E-state index in [1.54, 1.807) is 13.0 Å². The van der Waals surface area contributed by atoms with Gasteiger partial charge in [-0.25, -0.2) is 13.8 Å². The SMILES string of the molecule is CCOC(=O)CC1CCC(NC(=NCc2ccccc2Cl)NC(=O)c2ccc(F)c(F)c2)CC1. The molecule has 1 aliphatic carbocycles. The molecule has 0 saturated heterocycles. The standard InChI is InChI=1S/C25H28ClF2N3O3/c1-2-34-23(32)13-16-7-10-19(11-8-16)30-25(29-15-18-5-3-4-6-20(18)26)31-24(33)17-9-12-21(27)22(28)14-17/h3-6,9,12,14,16,19H,2,7-8,10-11,13,15H2,1H3,(H2,29,30,31,33). The van der Waals surface area contributed by atoms with Crippen molar-refractivity contribution in [2.45, 2.75) is 51.6 Å². The Morgan fingerprint density at radius 3 is 2.50 bits per heavy atom. The molecule has 2 aromatic rings. The smallest absolute Gasteiger partial charge is 0.306 e. The van der Waals surface area contributed by atoms with Gasteiger partial charge in [-0.05, 0) is 68.4 Å². The van der Waals surface area contributed by atoms with Crippen LogP contribution in [0, 0.1) is 17.6 Å².